The van der Waals surface area contributed by atoms with Gasteiger partial charge in [-0.05, 0) is 19.4 Å². The zero-order valence-electron chi connectivity index (χ0n) is 8.33. The van der Waals surface area contributed by atoms with Gasteiger partial charge in [0.05, 0.1) is 5.92 Å². The van der Waals surface area contributed by atoms with Gasteiger partial charge < -0.3 is 4.74 Å². The highest BCUT2D eigenvalue weighted by Gasteiger charge is 2.12. The van der Waals surface area contributed by atoms with Crippen molar-refractivity contribution in [3.05, 3.63) is 12.2 Å². The molecule has 0 aromatic carbocycles. The molecular weight excluding hydrogens is 152 g/mol. The van der Waals surface area contributed by atoms with Crippen LogP contribution in [0.25, 0.3) is 0 Å². The van der Waals surface area contributed by atoms with Gasteiger partial charge in [-0.25, -0.2) is 0 Å². The molecule has 0 aliphatic heterocycles. The number of ether oxygens (including phenoxy) is 1. The number of rotatable bonds is 4. The minimum Gasteiger partial charge on any atom is -0.458 e. The molecule has 0 spiro atoms. The summed E-state index contributed by atoms with van der Waals surface area (Å²) in [4.78, 5) is 11.1. The van der Waals surface area contributed by atoms with Gasteiger partial charge in [0.2, 0.25) is 0 Å². The van der Waals surface area contributed by atoms with Crippen LogP contribution in [0.3, 0.4) is 0 Å². The summed E-state index contributed by atoms with van der Waals surface area (Å²) in [6, 6.07) is 0. The Bertz CT molecular complexity index is 159. The molecule has 12 heavy (non-hydrogen) atoms. The number of carbonyl (C=O) groups excluding carboxylic acids is 1. The molecule has 0 fully saturated rings. The van der Waals surface area contributed by atoms with Gasteiger partial charge in [0.1, 0.15) is 6.10 Å². The summed E-state index contributed by atoms with van der Waals surface area (Å²) < 4.78 is 5.18. The molecule has 0 radical (unpaired) electrons. The maximum atomic E-state index is 11.1. The van der Waals surface area contributed by atoms with Crippen molar-refractivity contribution in [1.29, 1.82) is 0 Å². The van der Waals surface area contributed by atoms with Crippen LogP contribution in [0.5, 0.6) is 0 Å². The van der Waals surface area contributed by atoms with Gasteiger partial charge in [-0.1, -0.05) is 26.8 Å². The van der Waals surface area contributed by atoms with Crippen LogP contribution < -0.4 is 0 Å². The van der Waals surface area contributed by atoms with Crippen molar-refractivity contribution in [1.82, 2.24) is 0 Å². The number of esters is 1. The van der Waals surface area contributed by atoms with E-state index in [0.29, 0.717) is 0 Å². The Labute approximate surface area is 74.6 Å². The van der Waals surface area contributed by atoms with Crippen molar-refractivity contribution < 1.29 is 9.53 Å². The van der Waals surface area contributed by atoms with E-state index >= 15 is 0 Å². The van der Waals surface area contributed by atoms with E-state index in [4.69, 9.17) is 4.74 Å². The third-order valence-electron chi connectivity index (χ3n) is 1.55. The van der Waals surface area contributed by atoms with Crippen molar-refractivity contribution in [2.24, 2.45) is 5.92 Å². The third-order valence-corrected chi connectivity index (χ3v) is 1.55. The lowest BCUT2D eigenvalue weighted by Gasteiger charge is -2.13. The van der Waals surface area contributed by atoms with Crippen molar-refractivity contribution in [2.45, 2.75) is 40.2 Å². The monoisotopic (exact) mass is 170 g/mol. The fourth-order valence-corrected chi connectivity index (χ4v) is 0.759. The molecule has 0 aliphatic carbocycles. The number of allylic oxidation sites excluding steroid dienone is 1. The minimum absolute atomic E-state index is 0.0377. The summed E-state index contributed by atoms with van der Waals surface area (Å²) in [6.07, 6.45) is 4.59. The van der Waals surface area contributed by atoms with Crippen LogP contribution >= 0.6 is 0 Å². The SMILES string of the molecule is C/C=C/C(CC)OC(=O)C(C)C. The Balaban J connectivity index is 3.94. The summed E-state index contributed by atoms with van der Waals surface area (Å²) in [5.74, 6) is -0.163. The standard InChI is InChI=1S/C10H18O2/c1-5-7-9(6-2)12-10(11)8(3)4/h5,7-9H,6H2,1-4H3/b7-5+. The van der Waals surface area contributed by atoms with Gasteiger partial charge in [0, 0.05) is 0 Å². The van der Waals surface area contributed by atoms with Gasteiger partial charge in [0.25, 0.3) is 0 Å². The third kappa shape index (κ3) is 4.16. The topological polar surface area (TPSA) is 26.3 Å². The van der Waals surface area contributed by atoms with E-state index in [2.05, 4.69) is 0 Å². The molecule has 0 saturated heterocycles. The Morgan fingerprint density at radius 2 is 2.08 bits per heavy atom. The molecule has 0 aliphatic rings. The van der Waals surface area contributed by atoms with Gasteiger partial charge in [0.15, 0.2) is 0 Å². The molecule has 0 bridgehead atoms. The highest BCUT2D eigenvalue weighted by molar-refractivity contribution is 5.71. The van der Waals surface area contributed by atoms with E-state index in [1.54, 1.807) is 0 Å². The number of carbonyl (C=O) groups is 1. The maximum Gasteiger partial charge on any atom is 0.308 e. The normalized spacial score (nSPS) is 13.8. The molecule has 0 aromatic heterocycles. The van der Waals surface area contributed by atoms with Crippen LogP contribution in [0.1, 0.15) is 34.1 Å². The van der Waals surface area contributed by atoms with Gasteiger partial charge in [-0.2, -0.15) is 0 Å². The molecule has 2 heteroatoms. The fourth-order valence-electron chi connectivity index (χ4n) is 0.759. The summed E-state index contributed by atoms with van der Waals surface area (Å²) in [5, 5.41) is 0. The summed E-state index contributed by atoms with van der Waals surface area (Å²) in [5.41, 5.74) is 0. The lowest BCUT2D eigenvalue weighted by molar-refractivity contribution is -0.150. The first-order chi connectivity index (χ1) is 5.61. The zero-order valence-corrected chi connectivity index (χ0v) is 8.33. The highest BCUT2D eigenvalue weighted by atomic mass is 16.5. The van der Waals surface area contributed by atoms with E-state index in [-0.39, 0.29) is 18.0 Å². The number of hydrogen-bond acceptors (Lipinski definition) is 2. The molecule has 0 amide bonds. The van der Waals surface area contributed by atoms with Crippen LogP contribution in [0, 0.1) is 5.92 Å². The predicted octanol–water partition coefficient (Wildman–Crippen LogP) is 2.54. The lowest BCUT2D eigenvalue weighted by atomic mass is 10.2. The van der Waals surface area contributed by atoms with Crippen LogP contribution in [0.2, 0.25) is 0 Å². The first-order valence-corrected chi connectivity index (χ1v) is 4.45. The molecular formula is C10H18O2. The fraction of sp³-hybridized carbons (Fsp3) is 0.700. The molecule has 0 saturated carbocycles. The van der Waals surface area contributed by atoms with Crippen molar-refractivity contribution in [3.63, 3.8) is 0 Å². The molecule has 2 nitrogen and oxygen atoms in total. The first kappa shape index (κ1) is 11.2. The predicted molar refractivity (Wildman–Crippen MR) is 49.8 cm³/mol. The summed E-state index contributed by atoms with van der Waals surface area (Å²) >= 11 is 0. The molecule has 0 N–H and O–H groups in total. The Morgan fingerprint density at radius 1 is 1.50 bits per heavy atom. The Kier molecular flexibility index (Phi) is 5.43. The van der Waals surface area contributed by atoms with Gasteiger partial charge in [-0.15, -0.1) is 0 Å². The highest BCUT2D eigenvalue weighted by Crippen LogP contribution is 2.05. The molecule has 1 atom stereocenters. The van der Waals surface area contributed by atoms with E-state index in [1.165, 1.54) is 0 Å². The Morgan fingerprint density at radius 3 is 2.42 bits per heavy atom. The number of hydrogen-bond donors (Lipinski definition) is 0. The average Bonchev–Trinajstić information content (AvgIpc) is 2.03. The molecule has 70 valence electrons. The van der Waals surface area contributed by atoms with E-state index in [0.717, 1.165) is 6.42 Å². The van der Waals surface area contributed by atoms with Crippen molar-refractivity contribution >= 4 is 5.97 Å². The van der Waals surface area contributed by atoms with Crippen LogP contribution in [-0.2, 0) is 9.53 Å². The van der Waals surface area contributed by atoms with Crippen molar-refractivity contribution in [2.75, 3.05) is 0 Å². The van der Waals surface area contributed by atoms with Crippen LogP contribution in [-0.4, -0.2) is 12.1 Å². The molecule has 0 heterocycles. The molecule has 0 rings (SSSR count). The lowest BCUT2D eigenvalue weighted by Crippen LogP contribution is -2.19. The average molecular weight is 170 g/mol. The second-order valence-electron chi connectivity index (χ2n) is 3.06. The van der Waals surface area contributed by atoms with Crippen molar-refractivity contribution in [3.8, 4) is 0 Å². The molecule has 1 unspecified atom stereocenters. The second kappa shape index (κ2) is 5.81. The van der Waals surface area contributed by atoms with Crippen LogP contribution in [0.4, 0.5) is 0 Å². The maximum absolute atomic E-state index is 11.1. The Hall–Kier alpha value is -0.790. The van der Waals surface area contributed by atoms with Gasteiger partial charge in [-0.3, -0.25) is 4.79 Å². The largest absolute Gasteiger partial charge is 0.458 e. The van der Waals surface area contributed by atoms with Gasteiger partial charge >= 0.3 is 5.97 Å². The van der Waals surface area contributed by atoms with E-state index < -0.39 is 0 Å². The van der Waals surface area contributed by atoms with E-state index in [1.807, 2.05) is 39.8 Å². The summed E-state index contributed by atoms with van der Waals surface area (Å²) in [6.45, 7) is 7.60. The van der Waals surface area contributed by atoms with E-state index in [9.17, 15) is 4.79 Å². The van der Waals surface area contributed by atoms with Crippen LogP contribution in [0.15, 0.2) is 12.2 Å². The first-order valence-electron chi connectivity index (χ1n) is 4.45. The quantitative estimate of drug-likeness (QED) is 0.478. The smallest absolute Gasteiger partial charge is 0.308 e. The molecule has 0 aromatic rings. The second-order valence-corrected chi connectivity index (χ2v) is 3.06. The zero-order chi connectivity index (χ0) is 9.56. The summed E-state index contributed by atoms with van der Waals surface area (Å²) in [7, 11) is 0. The minimum atomic E-state index is -0.125.